The predicted molar refractivity (Wildman–Crippen MR) is 121 cm³/mol. The van der Waals surface area contributed by atoms with Crippen molar-refractivity contribution in [1.29, 1.82) is 0 Å². The summed E-state index contributed by atoms with van der Waals surface area (Å²) in [7, 11) is 0. The Labute approximate surface area is 184 Å². The minimum atomic E-state index is -0.399. The fourth-order valence-corrected chi connectivity index (χ4v) is 3.57. The van der Waals surface area contributed by atoms with Gasteiger partial charge in [0.1, 0.15) is 5.82 Å². The zero-order valence-electron chi connectivity index (χ0n) is 16.6. The highest BCUT2D eigenvalue weighted by molar-refractivity contribution is 6.33. The number of imidazole rings is 1. The zero-order chi connectivity index (χ0) is 21.6. The molecule has 3 N–H and O–H groups in total. The number of halogens is 1. The Morgan fingerprint density at radius 1 is 0.935 bits per heavy atom. The van der Waals surface area contributed by atoms with Crippen LogP contribution in [-0.4, -0.2) is 28.3 Å². The van der Waals surface area contributed by atoms with E-state index in [-0.39, 0.29) is 18.5 Å². The van der Waals surface area contributed by atoms with Gasteiger partial charge in [-0.2, -0.15) is 0 Å². The molecule has 156 valence electrons. The lowest BCUT2D eigenvalue weighted by Gasteiger charge is -2.17. The molecule has 6 nitrogen and oxygen atoms in total. The minimum Gasteiger partial charge on any atom is -0.344 e. The first kappa shape index (κ1) is 20.6. The lowest BCUT2D eigenvalue weighted by atomic mass is 10.1. The summed E-state index contributed by atoms with van der Waals surface area (Å²) in [6.45, 7) is -0.171. The summed E-state index contributed by atoms with van der Waals surface area (Å²) < 4.78 is 0. The first-order valence-corrected chi connectivity index (χ1v) is 10.3. The van der Waals surface area contributed by atoms with Gasteiger partial charge in [0.2, 0.25) is 5.91 Å². The van der Waals surface area contributed by atoms with Gasteiger partial charge in [0.05, 0.1) is 34.2 Å². The SMILES string of the molecule is O=C(CNC(=O)c1ccccc1Cl)NC(Cc1ccccc1)c1nc2ccccc2[nH]1. The number of hydrogen-bond acceptors (Lipinski definition) is 3. The van der Waals surface area contributed by atoms with E-state index in [0.29, 0.717) is 22.8 Å². The summed E-state index contributed by atoms with van der Waals surface area (Å²) in [5, 5.41) is 5.94. The van der Waals surface area contributed by atoms with Crippen molar-refractivity contribution in [3.63, 3.8) is 0 Å². The zero-order valence-corrected chi connectivity index (χ0v) is 17.4. The summed E-state index contributed by atoms with van der Waals surface area (Å²) in [4.78, 5) is 32.9. The molecule has 0 saturated carbocycles. The first-order chi connectivity index (χ1) is 15.1. The smallest absolute Gasteiger partial charge is 0.253 e. The first-order valence-electron chi connectivity index (χ1n) is 9.91. The average Bonchev–Trinajstić information content (AvgIpc) is 3.22. The van der Waals surface area contributed by atoms with E-state index in [1.165, 1.54) is 0 Å². The lowest BCUT2D eigenvalue weighted by Crippen LogP contribution is -2.39. The van der Waals surface area contributed by atoms with Crippen LogP contribution in [-0.2, 0) is 11.2 Å². The van der Waals surface area contributed by atoms with E-state index in [4.69, 9.17) is 11.6 Å². The highest BCUT2D eigenvalue weighted by atomic mass is 35.5. The van der Waals surface area contributed by atoms with Crippen molar-refractivity contribution in [2.45, 2.75) is 12.5 Å². The monoisotopic (exact) mass is 432 g/mol. The fourth-order valence-electron chi connectivity index (χ4n) is 3.35. The van der Waals surface area contributed by atoms with E-state index in [1.54, 1.807) is 24.3 Å². The summed E-state index contributed by atoms with van der Waals surface area (Å²) >= 11 is 6.05. The number of fused-ring (bicyclic) bond motifs is 1. The van der Waals surface area contributed by atoms with Crippen LogP contribution in [0.5, 0.6) is 0 Å². The van der Waals surface area contributed by atoms with Crippen molar-refractivity contribution in [3.05, 3.63) is 101 Å². The molecule has 4 rings (SSSR count). The normalized spacial score (nSPS) is 11.8. The highest BCUT2D eigenvalue weighted by Gasteiger charge is 2.20. The number of carbonyl (C=O) groups is 2. The van der Waals surface area contributed by atoms with Gasteiger partial charge in [0.25, 0.3) is 5.91 Å². The van der Waals surface area contributed by atoms with Crippen LogP contribution < -0.4 is 10.6 Å². The van der Waals surface area contributed by atoms with Crippen LogP contribution >= 0.6 is 11.6 Å². The number of aromatic nitrogens is 2. The average molecular weight is 433 g/mol. The number of aromatic amines is 1. The van der Waals surface area contributed by atoms with Gasteiger partial charge in [-0.25, -0.2) is 4.98 Å². The number of nitrogens with one attached hydrogen (secondary N) is 3. The van der Waals surface area contributed by atoms with E-state index in [0.717, 1.165) is 16.6 Å². The molecule has 2 amide bonds. The van der Waals surface area contributed by atoms with Crippen LogP contribution in [0.15, 0.2) is 78.9 Å². The molecule has 3 aromatic carbocycles. The third-order valence-electron chi connectivity index (χ3n) is 4.88. The topological polar surface area (TPSA) is 86.9 Å². The second-order valence-corrected chi connectivity index (χ2v) is 7.52. The molecule has 0 aliphatic rings. The van der Waals surface area contributed by atoms with Gasteiger partial charge in [0.15, 0.2) is 0 Å². The van der Waals surface area contributed by atoms with Crippen molar-refractivity contribution in [2.24, 2.45) is 0 Å². The molecule has 0 aliphatic heterocycles. The van der Waals surface area contributed by atoms with E-state index < -0.39 is 5.91 Å². The van der Waals surface area contributed by atoms with Gasteiger partial charge in [-0.05, 0) is 36.2 Å². The molecule has 0 spiro atoms. The largest absolute Gasteiger partial charge is 0.344 e. The Morgan fingerprint density at radius 2 is 1.65 bits per heavy atom. The van der Waals surface area contributed by atoms with Gasteiger partial charge < -0.3 is 15.6 Å². The maximum atomic E-state index is 12.7. The van der Waals surface area contributed by atoms with Crippen molar-refractivity contribution in [1.82, 2.24) is 20.6 Å². The maximum Gasteiger partial charge on any atom is 0.253 e. The quantitative estimate of drug-likeness (QED) is 0.412. The molecule has 0 fully saturated rings. The molecule has 0 aliphatic carbocycles. The molecule has 0 radical (unpaired) electrons. The van der Waals surface area contributed by atoms with Gasteiger partial charge in [0, 0.05) is 0 Å². The van der Waals surface area contributed by atoms with E-state index in [9.17, 15) is 9.59 Å². The summed E-state index contributed by atoms with van der Waals surface area (Å²) in [6, 6.07) is 23.9. The molecule has 7 heteroatoms. The van der Waals surface area contributed by atoms with Crippen LogP contribution in [0.3, 0.4) is 0 Å². The van der Waals surface area contributed by atoms with Crippen LogP contribution in [0.1, 0.15) is 27.8 Å². The van der Waals surface area contributed by atoms with Crippen LogP contribution in [0.25, 0.3) is 11.0 Å². The number of benzene rings is 3. The van der Waals surface area contributed by atoms with Crippen LogP contribution in [0.2, 0.25) is 5.02 Å². The van der Waals surface area contributed by atoms with Crippen LogP contribution in [0, 0.1) is 0 Å². The number of carbonyl (C=O) groups excluding carboxylic acids is 2. The third kappa shape index (κ3) is 5.10. The van der Waals surface area contributed by atoms with Crippen LogP contribution in [0.4, 0.5) is 0 Å². The molecule has 1 aromatic heterocycles. The Hall–Kier alpha value is -3.64. The van der Waals surface area contributed by atoms with Crippen molar-refractivity contribution < 1.29 is 9.59 Å². The van der Waals surface area contributed by atoms with Gasteiger partial charge >= 0.3 is 0 Å². The Morgan fingerprint density at radius 3 is 2.42 bits per heavy atom. The molecular weight excluding hydrogens is 412 g/mol. The fraction of sp³-hybridized carbons (Fsp3) is 0.125. The molecule has 0 saturated heterocycles. The Balaban J connectivity index is 1.48. The van der Waals surface area contributed by atoms with Gasteiger partial charge in [-0.1, -0.05) is 66.2 Å². The van der Waals surface area contributed by atoms with Gasteiger partial charge in [-0.3, -0.25) is 9.59 Å². The van der Waals surface area contributed by atoms with E-state index in [2.05, 4.69) is 20.6 Å². The second kappa shape index (κ2) is 9.45. The summed E-state index contributed by atoms with van der Waals surface area (Å²) in [5.74, 6) is -0.0540. The van der Waals surface area contributed by atoms with E-state index in [1.807, 2.05) is 54.6 Å². The molecule has 1 heterocycles. The number of amides is 2. The van der Waals surface area contributed by atoms with Crippen molar-refractivity contribution in [2.75, 3.05) is 6.54 Å². The van der Waals surface area contributed by atoms with E-state index >= 15 is 0 Å². The molecule has 0 bridgehead atoms. The molecule has 1 atom stereocenters. The number of H-pyrrole nitrogens is 1. The standard InChI is InChI=1S/C24H21ClN4O2/c25-18-11-5-4-10-17(18)24(31)26-15-22(30)27-21(14-16-8-2-1-3-9-16)23-28-19-12-6-7-13-20(19)29-23/h1-13,21H,14-15H2,(H,26,31)(H,27,30)(H,28,29). The Kier molecular flexibility index (Phi) is 6.29. The van der Waals surface area contributed by atoms with Crippen molar-refractivity contribution in [3.8, 4) is 0 Å². The summed E-state index contributed by atoms with van der Waals surface area (Å²) in [5.41, 5.74) is 3.12. The molecule has 31 heavy (non-hydrogen) atoms. The minimum absolute atomic E-state index is 0.171. The highest BCUT2D eigenvalue weighted by Crippen LogP contribution is 2.20. The molecule has 4 aromatic rings. The lowest BCUT2D eigenvalue weighted by molar-refractivity contribution is -0.120. The number of nitrogens with zero attached hydrogens (tertiary/aromatic N) is 1. The second-order valence-electron chi connectivity index (χ2n) is 7.11. The number of hydrogen-bond donors (Lipinski definition) is 3. The number of rotatable bonds is 7. The summed E-state index contributed by atoms with van der Waals surface area (Å²) in [6.07, 6.45) is 0.560. The number of para-hydroxylation sites is 2. The predicted octanol–water partition coefficient (Wildman–Crippen LogP) is 4.05. The molecular formula is C24H21ClN4O2. The maximum absolute atomic E-state index is 12.7. The van der Waals surface area contributed by atoms with Crippen molar-refractivity contribution >= 4 is 34.4 Å². The Bertz CT molecular complexity index is 1170. The third-order valence-corrected chi connectivity index (χ3v) is 5.21. The molecule has 1 unspecified atom stereocenters. The van der Waals surface area contributed by atoms with Gasteiger partial charge in [-0.15, -0.1) is 0 Å².